The van der Waals surface area contributed by atoms with Crippen molar-refractivity contribution >= 4 is 46.5 Å². The summed E-state index contributed by atoms with van der Waals surface area (Å²) in [6.07, 6.45) is 0. The van der Waals surface area contributed by atoms with Gasteiger partial charge in [0.25, 0.3) is 5.91 Å². The van der Waals surface area contributed by atoms with E-state index in [2.05, 4.69) is 4.98 Å². The molecule has 0 saturated carbocycles. The number of hydrogen-bond acceptors (Lipinski definition) is 9. The van der Waals surface area contributed by atoms with Crippen molar-refractivity contribution in [2.75, 3.05) is 44.9 Å². The number of nitrogens with one attached hydrogen (secondary N) is 1. The van der Waals surface area contributed by atoms with E-state index in [1.807, 2.05) is 19.1 Å². The van der Waals surface area contributed by atoms with Crippen molar-refractivity contribution in [1.29, 1.82) is 0 Å². The lowest BCUT2D eigenvalue weighted by Crippen LogP contribution is -2.43. The number of thiazole rings is 1. The van der Waals surface area contributed by atoms with Crippen molar-refractivity contribution in [2.45, 2.75) is 23.1 Å². The van der Waals surface area contributed by atoms with Crippen LogP contribution in [0.5, 0.6) is 11.5 Å². The molecule has 3 aliphatic rings. The van der Waals surface area contributed by atoms with E-state index in [0.29, 0.717) is 59.0 Å². The van der Waals surface area contributed by atoms with Gasteiger partial charge in [-0.1, -0.05) is 46.9 Å². The van der Waals surface area contributed by atoms with Crippen LogP contribution in [0.4, 0.5) is 5.69 Å². The second-order valence-corrected chi connectivity index (χ2v) is 12.0. The average Bonchev–Trinajstić information content (AvgIpc) is 3.46. The van der Waals surface area contributed by atoms with E-state index in [0.717, 1.165) is 16.9 Å². The van der Waals surface area contributed by atoms with Gasteiger partial charge in [0, 0.05) is 23.9 Å². The summed E-state index contributed by atoms with van der Waals surface area (Å²) in [5.74, 6) is -1.24. The first-order valence-electron chi connectivity index (χ1n) is 12.9. The number of carbonyl (C=O) groups excluding carboxylic acids is 3. The first-order valence-corrected chi connectivity index (χ1v) is 14.6. The number of aryl methyl sites for hydroxylation is 1. The number of ether oxygens (including phenoxy) is 3. The molecule has 1 N–H and O–H groups in total. The fraction of sp³-hybridized carbons (Fsp3) is 0.357. The summed E-state index contributed by atoms with van der Waals surface area (Å²) in [6.45, 7) is 3.84. The molecule has 1 aromatic heterocycles. The largest absolute Gasteiger partial charge is 0.493 e. The minimum absolute atomic E-state index is 0.144. The lowest BCUT2D eigenvalue weighted by Gasteiger charge is -2.30. The number of hydrogen-bond donors (Lipinski definition) is 1. The summed E-state index contributed by atoms with van der Waals surface area (Å²) in [6, 6.07) is 12.5. The minimum Gasteiger partial charge on any atom is -0.493 e. The molecule has 0 aliphatic carbocycles. The molecule has 3 amide bonds. The zero-order chi connectivity index (χ0) is 28.0. The summed E-state index contributed by atoms with van der Waals surface area (Å²) in [5.41, 5.74) is 2.26. The number of benzene rings is 2. The van der Waals surface area contributed by atoms with E-state index in [-0.39, 0.29) is 29.2 Å². The lowest BCUT2D eigenvalue weighted by molar-refractivity contribution is -0.137. The summed E-state index contributed by atoms with van der Waals surface area (Å²) >= 11 is 2.28. The van der Waals surface area contributed by atoms with Gasteiger partial charge in [-0.05, 0) is 36.8 Å². The normalized spacial score (nSPS) is 22.2. The first-order chi connectivity index (χ1) is 19.4. The van der Waals surface area contributed by atoms with Gasteiger partial charge in [-0.3, -0.25) is 19.2 Å². The molecule has 10 nitrogen and oxygen atoms in total. The zero-order valence-corrected chi connectivity index (χ0v) is 23.5. The topological polar surface area (TPSA) is 118 Å². The maximum atomic E-state index is 13.9. The predicted octanol–water partition coefficient (Wildman–Crippen LogP) is 2.79. The number of nitrogens with zero attached hydrogens (tertiary/aromatic N) is 2. The van der Waals surface area contributed by atoms with E-state index < -0.39 is 17.1 Å². The molecule has 2 saturated heterocycles. The highest BCUT2D eigenvalue weighted by atomic mass is 32.2. The van der Waals surface area contributed by atoms with Crippen LogP contribution in [-0.4, -0.2) is 72.9 Å². The Bertz CT molecular complexity index is 1530. The van der Waals surface area contributed by atoms with Gasteiger partial charge in [0.2, 0.25) is 11.8 Å². The minimum atomic E-state index is -0.711. The number of H-pyrrole nitrogens is 1. The average molecular weight is 582 g/mol. The Morgan fingerprint density at radius 3 is 2.52 bits per heavy atom. The molecule has 3 unspecified atom stereocenters. The molecule has 0 bridgehead atoms. The number of methoxy groups -OCH3 is 1. The quantitative estimate of drug-likeness (QED) is 0.442. The van der Waals surface area contributed by atoms with Crippen LogP contribution in [0.3, 0.4) is 0 Å². The second kappa shape index (κ2) is 10.8. The van der Waals surface area contributed by atoms with Gasteiger partial charge in [0.05, 0.1) is 37.0 Å². The molecular formula is C28H27N3O7S2. The third-order valence-electron chi connectivity index (χ3n) is 7.38. The van der Waals surface area contributed by atoms with E-state index in [1.165, 1.54) is 23.8 Å². The van der Waals surface area contributed by atoms with E-state index in [1.54, 1.807) is 35.2 Å². The summed E-state index contributed by atoms with van der Waals surface area (Å²) in [7, 11) is 1.50. The Kier molecular flexibility index (Phi) is 7.15. The van der Waals surface area contributed by atoms with Gasteiger partial charge in [-0.15, -0.1) is 0 Å². The third-order valence-corrected chi connectivity index (χ3v) is 9.78. The number of thioether (sulfide) groups is 1. The second-order valence-electron chi connectivity index (χ2n) is 9.79. The van der Waals surface area contributed by atoms with Crippen LogP contribution in [0.25, 0.3) is 0 Å². The fourth-order valence-corrected chi connectivity index (χ4v) is 7.88. The van der Waals surface area contributed by atoms with Crippen molar-refractivity contribution in [2.24, 2.45) is 5.92 Å². The third kappa shape index (κ3) is 4.69. The number of carbonyl (C=O) groups is 3. The van der Waals surface area contributed by atoms with Gasteiger partial charge in [-0.25, -0.2) is 4.90 Å². The standard InChI is InChI=1S/C28H27N3O7S2/c1-15-3-6-17(7-4-15)31-26(33)22-21(23-25(29-28(35)40-23)39-24(22)27(31)34)16-5-8-18(19(13-16)36-2)38-14-20(32)30-9-11-37-12-10-30/h3-8,13,21-22,24H,9-12,14H2,1-2H3,(H,29,35). The molecule has 0 radical (unpaired) electrons. The molecule has 208 valence electrons. The highest BCUT2D eigenvalue weighted by molar-refractivity contribution is 8.00. The Labute approximate surface area is 238 Å². The van der Waals surface area contributed by atoms with Gasteiger partial charge >= 0.3 is 4.87 Å². The molecule has 6 rings (SSSR count). The van der Waals surface area contributed by atoms with E-state index >= 15 is 0 Å². The summed E-state index contributed by atoms with van der Waals surface area (Å²) in [5, 5.41) is -0.0897. The summed E-state index contributed by atoms with van der Waals surface area (Å²) in [4.78, 5) is 58.7. The van der Waals surface area contributed by atoms with Crippen LogP contribution in [-0.2, 0) is 19.1 Å². The van der Waals surface area contributed by atoms with Crippen molar-refractivity contribution in [1.82, 2.24) is 9.88 Å². The number of amides is 3. The molecule has 3 atom stereocenters. The Morgan fingerprint density at radius 1 is 1.05 bits per heavy atom. The number of morpholine rings is 1. The molecular weight excluding hydrogens is 554 g/mol. The molecule has 12 heteroatoms. The maximum Gasteiger partial charge on any atom is 0.305 e. The monoisotopic (exact) mass is 581 g/mol. The van der Waals surface area contributed by atoms with Crippen molar-refractivity contribution < 1.29 is 28.6 Å². The number of rotatable bonds is 6. The Morgan fingerprint density at radius 2 is 1.80 bits per heavy atom. The Hall–Kier alpha value is -3.61. The van der Waals surface area contributed by atoms with Crippen LogP contribution in [0.1, 0.15) is 21.9 Å². The zero-order valence-electron chi connectivity index (χ0n) is 21.9. The number of aromatic nitrogens is 1. The van der Waals surface area contributed by atoms with Crippen molar-refractivity contribution in [3.63, 3.8) is 0 Å². The number of fused-ring (bicyclic) bond motifs is 2. The molecule has 4 heterocycles. The Balaban J connectivity index is 1.32. The molecule has 40 heavy (non-hydrogen) atoms. The van der Waals surface area contributed by atoms with Crippen LogP contribution in [0, 0.1) is 12.8 Å². The first kappa shape index (κ1) is 26.6. The van der Waals surface area contributed by atoms with Gasteiger partial charge in [0.15, 0.2) is 18.1 Å². The number of imide groups is 1. The van der Waals surface area contributed by atoms with Gasteiger partial charge in [0.1, 0.15) is 5.25 Å². The molecule has 0 spiro atoms. The van der Waals surface area contributed by atoms with Crippen LogP contribution in [0.2, 0.25) is 0 Å². The lowest BCUT2D eigenvalue weighted by atomic mass is 9.83. The fourth-order valence-electron chi connectivity index (χ4n) is 5.36. The van der Waals surface area contributed by atoms with Gasteiger partial charge < -0.3 is 24.1 Å². The summed E-state index contributed by atoms with van der Waals surface area (Å²) < 4.78 is 16.7. The molecule has 2 fully saturated rings. The highest BCUT2D eigenvalue weighted by Gasteiger charge is 2.56. The molecule has 3 aromatic rings. The molecule has 2 aromatic carbocycles. The molecule has 3 aliphatic heterocycles. The van der Waals surface area contributed by atoms with E-state index in [4.69, 9.17) is 14.2 Å². The van der Waals surface area contributed by atoms with Crippen LogP contribution < -0.4 is 19.2 Å². The van der Waals surface area contributed by atoms with Crippen LogP contribution in [0.15, 0.2) is 52.3 Å². The number of anilines is 1. The predicted molar refractivity (Wildman–Crippen MR) is 149 cm³/mol. The van der Waals surface area contributed by atoms with Gasteiger partial charge in [-0.2, -0.15) is 0 Å². The SMILES string of the molecule is COc1cc(C2c3sc(=O)[nH]c3SC3C(=O)N(c4ccc(C)cc4)C(=O)C32)ccc1OCC(=O)N1CCOCC1. The maximum absolute atomic E-state index is 13.9. The van der Waals surface area contributed by atoms with Crippen molar-refractivity contribution in [3.8, 4) is 11.5 Å². The highest BCUT2D eigenvalue weighted by Crippen LogP contribution is 2.53. The van der Waals surface area contributed by atoms with E-state index in [9.17, 15) is 19.2 Å². The van der Waals surface area contributed by atoms with Crippen molar-refractivity contribution in [3.05, 3.63) is 68.1 Å². The smallest absolute Gasteiger partial charge is 0.305 e. The van der Waals surface area contributed by atoms with Crippen LogP contribution >= 0.6 is 23.1 Å². The number of aromatic amines is 1.